The van der Waals surface area contributed by atoms with E-state index in [4.69, 9.17) is 4.74 Å². The molecule has 0 aliphatic rings. The van der Waals surface area contributed by atoms with Crippen LogP contribution in [0.4, 0.5) is 0 Å². The highest BCUT2D eigenvalue weighted by Crippen LogP contribution is 2.31. The van der Waals surface area contributed by atoms with Crippen molar-refractivity contribution < 1.29 is 9.53 Å². The molecule has 1 aromatic carbocycles. The molecule has 0 heterocycles. The summed E-state index contributed by atoms with van der Waals surface area (Å²) in [5, 5.41) is 0.288. The van der Waals surface area contributed by atoms with Crippen molar-refractivity contribution in [1.29, 1.82) is 0 Å². The summed E-state index contributed by atoms with van der Waals surface area (Å²) in [5.74, 6) is -0.144. The largest absolute Gasteiger partial charge is 0.466 e. The number of carbonyl (C=O) groups excluding carboxylic acids is 1. The average Bonchev–Trinajstić information content (AvgIpc) is 2.39. The zero-order valence-electron chi connectivity index (χ0n) is 11.4. The van der Waals surface area contributed by atoms with Gasteiger partial charge in [0.25, 0.3) is 0 Å². The second-order valence-corrected chi connectivity index (χ2v) is 5.61. The summed E-state index contributed by atoms with van der Waals surface area (Å²) in [7, 11) is 0. The molecule has 0 saturated carbocycles. The van der Waals surface area contributed by atoms with Crippen LogP contribution in [-0.4, -0.2) is 17.8 Å². The predicted octanol–water partition coefficient (Wildman–Crippen LogP) is 4.15. The number of esters is 1. The van der Waals surface area contributed by atoms with Crippen LogP contribution in [-0.2, 0) is 9.53 Å². The number of thioether (sulfide) groups is 1. The predicted molar refractivity (Wildman–Crippen MR) is 76.8 cm³/mol. The van der Waals surface area contributed by atoms with Gasteiger partial charge in [-0.05, 0) is 25.5 Å². The number of hydrogen-bond donors (Lipinski definition) is 0. The van der Waals surface area contributed by atoms with E-state index in [2.05, 4.69) is 19.1 Å². The zero-order valence-corrected chi connectivity index (χ0v) is 12.2. The molecule has 3 heteroatoms. The Morgan fingerprint density at radius 3 is 2.50 bits per heavy atom. The highest BCUT2D eigenvalue weighted by atomic mass is 32.2. The van der Waals surface area contributed by atoms with Crippen molar-refractivity contribution >= 4 is 17.7 Å². The number of hydrogen-bond acceptors (Lipinski definition) is 3. The molecular weight excluding hydrogens is 244 g/mol. The van der Waals surface area contributed by atoms with Crippen molar-refractivity contribution in [1.82, 2.24) is 0 Å². The number of ether oxygens (including phenoxy) is 1. The van der Waals surface area contributed by atoms with Crippen molar-refractivity contribution in [2.45, 2.75) is 43.8 Å². The van der Waals surface area contributed by atoms with Gasteiger partial charge in [-0.25, -0.2) is 0 Å². The molecule has 0 spiro atoms. The van der Waals surface area contributed by atoms with E-state index in [1.54, 1.807) is 11.8 Å². The zero-order chi connectivity index (χ0) is 13.4. The minimum atomic E-state index is -0.0839. The number of rotatable bonds is 7. The van der Waals surface area contributed by atoms with Gasteiger partial charge in [0.05, 0.1) is 12.5 Å². The fourth-order valence-electron chi connectivity index (χ4n) is 1.79. The quantitative estimate of drug-likeness (QED) is 0.548. The van der Waals surface area contributed by atoms with Gasteiger partial charge in [-0.3, -0.25) is 4.79 Å². The Morgan fingerprint density at radius 2 is 1.94 bits per heavy atom. The fourth-order valence-corrected chi connectivity index (χ4v) is 3.13. The van der Waals surface area contributed by atoms with Crippen LogP contribution in [0, 0.1) is 5.92 Å². The molecule has 0 radical (unpaired) electrons. The smallest absolute Gasteiger partial charge is 0.309 e. The van der Waals surface area contributed by atoms with Gasteiger partial charge in [0.15, 0.2) is 0 Å². The lowest BCUT2D eigenvalue weighted by atomic mass is 10.0. The second-order valence-electron chi connectivity index (χ2n) is 4.30. The van der Waals surface area contributed by atoms with Crippen LogP contribution in [0.2, 0.25) is 0 Å². The molecule has 0 unspecified atom stereocenters. The van der Waals surface area contributed by atoms with Gasteiger partial charge >= 0.3 is 5.97 Å². The highest BCUT2D eigenvalue weighted by molar-refractivity contribution is 8.00. The molecule has 0 aliphatic heterocycles. The molecule has 0 bridgehead atoms. The average molecular weight is 266 g/mol. The van der Waals surface area contributed by atoms with Crippen LogP contribution in [0.1, 0.15) is 33.6 Å². The third kappa shape index (κ3) is 4.73. The first kappa shape index (κ1) is 15.1. The monoisotopic (exact) mass is 266 g/mol. The summed E-state index contributed by atoms with van der Waals surface area (Å²) in [6.45, 7) is 6.42. The third-order valence-electron chi connectivity index (χ3n) is 2.82. The lowest BCUT2D eigenvalue weighted by Crippen LogP contribution is -2.25. The van der Waals surface area contributed by atoms with Gasteiger partial charge in [0, 0.05) is 10.1 Å². The topological polar surface area (TPSA) is 26.3 Å². The van der Waals surface area contributed by atoms with E-state index in [1.807, 2.05) is 32.0 Å². The van der Waals surface area contributed by atoms with E-state index in [0.717, 1.165) is 12.8 Å². The molecule has 1 aromatic rings. The maximum absolute atomic E-state index is 11.8. The summed E-state index contributed by atoms with van der Waals surface area (Å²) in [4.78, 5) is 13.0. The Kier molecular flexibility index (Phi) is 6.88. The SMILES string of the molecule is CCC[C@@H](Sc1ccccc1)[C@@H](C)C(=O)OCC. The molecule has 100 valence electrons. The van der Waals surface area contributed by atoms with Gasteiger partial charge in [-0.2, -0.15) is 0 Å². The first-order valence-corrected chi connectivity index (χ1v) is 7.45. The van der Waals surface area contributed by atoms with Crippen molar-refractivity contribution in [3.63, 3.8) is 0 Å². The molecule has 0 N–H and O–H groups in total. The van der Waals surface area contributed by atoms with E-state index < -0.39 is 0 Å². The Morgan fingerprint density at radius 1 is 1.28 bits per heavy atom. The first-order valence-electron chi connectivity index (χ1n) is 6.57. The minimum absolute atomic E-state index is 0.0601. The Balaban J connectivity index is 2.67. The summed E-state index contributed by atoms with van der Waals surface area (Å²) in [5.41, 5.74) is 0. The summed E-state index contributed by atoms with van der Waals surface area (Å²) in [6.07, 6.45) is 2.10. The summed E-state index contributed by atoms with van der Waals surface area (Å²) in [6, 6.07) is 10.2. The summed E-state index contributed by atoms with van der Waals surface area (Å²) >= 11 is 1.77. The van der Waals surface area contributed by atoms with E-state index in [-0.39, 0.29) is 17.1 Å². The fraction of sp³-hybridized carbons (Fsp3) is 0.533. The number of benzene rings is 1. The van der Waals surface area contributed by atoms with Gasteiger partial charge in [0.1, 0.15) is 0 Å². The van der Waals surface area contributed by atoms with E-state index in [1.165, 1.54) is 4.90 Å². The normalized spacial score (nSPS) is 13.9. The van der Waals surface area contributed by atoms with Gasteiger partial charge < -0.3 is 4.74 Å². The van der Waals surface area contributed by atoms with Gasteiger partial charge in [-0.1, -0.05) is 38.5 Å². The van der Waals surface area contributed by atoms with E-state index in [0.29, 0.717) is 6.61 Å². The maximum Gasteiger partial charge on any atom is 0.309 e. The second kappa shape index (κ2) is 8.20. The molecule has 0 saturated heterocycles. The molecule has 2 nitrogen and oxygen atoms in total. The van der Waals surface area contributed by atoms with Crippen molar-refractivity contribution in [3.8, 4) is 0 Å². The molecular formula is C15H22O2S. The van der Waals surface area contributed by atoms with Crippen molar-refractivity contribution in [2.75, 3.05) is 6.61 Å². The molecule has 0 amide bonds. The van der Waals surface area contributed by atoms with Crippen LogP contribution < -0.4 is 0 Å². The third-order valence-corrected chi connectivity index (χ3v) is 4.31. The Labute approximate surface area is 114 Å². The molecule has 0 aromatic heterocycles. The molecule has 18 heavy (non-hydrogen) atoms. The molecule has 2 atom stereocenters. The standard InChI is InChI=1S/C15H22O2S/c1-4-9-14(12(3)15(16)17-5-2)18-13-10-7-6-8-11-13/h6-8,10-12,14H,4-5,9H2,1-3H3/t12-,14-/m1/s1. The lowest BCUT2D eigenvalue weighted by molar-refractivity contribution is -0.147. The van der Waals surface area contributed by atoms with Crippen LogP contribution in [0.15, 0.2) is 35.2 Å². The Hall–Kier alpha value is -0.960. The number of carbonyl (C=O) groups is 1. The lowest BCUT2D eigenvalue weighted by Gasteiger charge is -2.21. The van der Waals surface area contributed by atoms with E-state index in [9.17, 15) is 4.79 Å². The van der Waals surface area contributed by atoms with Gasteiger partial charge in [-0.15, -0.1) is 11.8 Å². The van der Waals surface area contributed by atoms with Crippen LogP contribution in [0.3, 0.4) is 0 Å². The van der Waals surface area contributed by atoms with E-state index >= 15 is 0 Å². The molecule has 0 fully saturated rings. The molecule has 1 rings (SSSR count). The minimum Gasteiger partial charge on any atom is -0.466 e. The van der Waals surface area contributed by atoms with Crippen LogP contribution in [0.5, 0.6) is 0 Å². The highest BCUT2D eigenvalue weighted by Gasteiger charge is 2.25. The summed E-state index contributed by atoms with van der Waals surface area (Å²) < 4.78 is 5.12. The maximum atomic E-state index is 11.8. The van der Waals surface area contributed by atoms with Crippen molar-refractivity contribution in [3.05, 3.63) is 30.3 Å². The van der Waals surface area contributed by atoms with Gasteiger partial charge in [0.2, 0.25) is 0 Å². The Bertz CT molecular complexity index is 351. The first-order chi connectivity index (χ1) is 8.69. The van der Waals surface area contributed by atoms with Crippen LogP contribution >= 0.6 is 11.8 Å². The van der Waals surface area contributed by atoms with Crippen molar-refractivity contribution in [2.24, 2.45) is 5.92 Å². The van der Waals surface area contributed by atoms with Crippen LogP contribution in [0.25, 0.3) is 0 Å². The molecule has 0 aliphatic carbocycles.